The smallest absolute Gasteiger partial charge is 0.164 e. The molecule has 0 saturated carbocycles. The van der Waals surface area contributed by atoms with E-state index in [1.54, 1.807) is 0 Å². The summed E-state index contributed by atoms with van der Waals surface area (Å²) in [4.78, 5) is 15.8. The lowest BCUT2D eigenvalue weighted by Crippen LogP contribution is -2.12. The van der Waals surface area contributed by atoms with Crippen LogP contribution in [0.1, 0.15) is 22.9 Å². The van der Waals surface area contributed by atoms with Crippen molar-refractivity contribution < 1.29 is 8.83 Å². The molecule has 0 fully saturated rings. The average molecular weight is 694 g/mol. The maximum Gasteiger partial charge on any atom is 0.164 e. The summed E-state index contributed by atoms with van der Waals surface area (Å²) in [5.74, 6) is 1.95. The van der Waals surface area contributed by atoms with Gasteiger partial charge in [0.2, 0.25) is 0 Å². The van der Waals surface area contributed by atoms with E-state index in [2.05, 4.69) is 127 Å². The Morgan fingerprint density at radius 1 is 0.463 bits per heavy atom. The third-order valence-electron chi connectivity index (χ3n) is 10.7. The van der Waals surface area contributed by atoms with E-state index in [1.807, 2.05) is 42.5 Å². The summed E-state index contributed by atoms with van der Waals surface area (Å²) in [5, 5.41) is 4.14. The van der Waals surface area contributed by atoms with E-state index in [0.29, 0.717) is 11.6 Å². The molecule has 5 heteroatoms. The predicted molar refractivity (Wildman–Crippen MR) is 218 cm³/mol. The molecule has 1 aliphatic carbocycles. The zero-order valence-corrected chi connectivity index (χ0v) is 29.1. The number of hydrogen-bond donors (Lipinski definition) is 0. The number of hydrogen-bond acceptors (Lipinski definition) is 5. The first-order chi connectivity index (χ1) is 26.7. The molecule has 0 N–H and O–H groups in total. The molecule has 5 nitrogen and oxygen atoms in total. The predicted octanol–water partition coefficient (Wildman–Crippen LogP) is 12.7. The Labute approximate surface area is 310 Å². The molecule has 10 aromatic rings. The summed E-state index contributed by atoms with van der Waals surface area (Å²) >= 11 is 0. The van der Waals surface area contributed by atoms with E-state index in [9.17, 15) is 0 Å². The zero-order chi connectivity index (χ0) is 35.6. The van der Waals surface area contributed by atoms with Gasteiger partial charge in [-0.25, -0.2) is 15.0 Å². The molecular weight excluding hydrogens is 663 g/mol. The second-order valence-electron chi connectivity index (χ2n) is 13.9. The summed E-state index contributed by atoms with van der Waals surface area (Å²) in [7, 11) is 0. The van der Waals surface area contributed by atoms with Gasteiger partial charge in [-0.15, -0.1) is 0 Å². The highest BCUT2D eigenvalue weighted by Crippen LogP contribution is 2.43. The maximum atomic E-state index is 6.59. The first-order valence-electron chi connectivity index (χ1n) is 18.3. The third-order valence-corrected chi connectivity index (χ3v) is 10.7. The van der Waals surface area contributed by atoms with Crippen LogP contribution in [0, 0.1) is 0 Å². The van der Waals surface area contributed by atoms with Gasteiger partial charge in [-0.1, -0.05) is 146 Å². The monoisotopic (exact) mass is 693 g/mol. The molecule has 0 radical (unpaired) electrons. The van der Waals surface area contributed by atoms with Crippen LogP contribution >= 0.6 is 0 Å². The van der Waals surface area contributed by atoms with Gasteiger partial charge in [0.15, 0.2) is 11.6 Å². The minimum Gasteiger partial charge on any atom is -0.456 e. The average Bonchev–Trinajstić information content (AvgIpc) is 3.82. The van der Waals surface area contributed by atoms with E-state index in [-0.39, 0.29) is 5.92 Å². The van der Waals surface area contributed by atoms with Gasteiger partial charge in [0.05, 0.1) is 0 Å². The van der Waals surface area contributed by atoms with Crippen LogP contribution in [0.4, 0.5) is 0 Å². The van der Waals surface area contributed by atoms with Crippen molar-refractivity contribution in [3.8, 4) is 45.0 Å². The van der Waals surface area contributed by atoms with Crippen LogP contribution in [0.5, 0.6) is 0 Å². The van der Waals surface area contributed by atoms with Crippen molar-refractivity contribution in [2.45, 2.75) is 12.3 Å². The molecule has 0 saturated heterocycles. The van der Waals surface area contributed by atoms with E-state index in [1.165, 1.54) is 11.1 Å². The first kappa shape index (κ1) is 30.5. The minimum atomic E-state index is -0.0203. The Morgan fingerprint density at radius 3 is 2.02 bits per heavy atom. The van der Waals surface area contributed by atoms with Crippen LogP contribution in [-0.2, 0) is 6.42 Å². The zero-order valence-electron chi connectivity index (χ0n) is 29.1. The molecule has 1 unspecified atom stereocenters. The highest BCUT2D eigenvalue weighted by atomic mass is 16.3. The molecule has 54 heavy (non-hydrogen) atoms. The van der Waals surface area contributed by atoms with E-state index in [0.717, 1.165) is 89.5 Å². The lowest BCUT2D eigenvalue weighted by molar-refractivity contribution is 0.668. The standard InChI is InChI=1S/C49H31N3O2/c1-2-11-30(12-3-1)32-21-24-33(25-22-32)47-50-48(35-26-23-31-13-4-5-14-34(31)27-35)52-49(51-47)41-28-36(29-44-45(41)40-16-7-9-20-43(40)53-44)37-17-10-18-39-38-15-6-8-19-42(38)54-46(37)39/h1-26,28-29,35H,27H2. The summed E-state index contributed by atoms with van der Waals surface area (Å²) in [6, 6.07) is 54.5. The number of rotatable bonds is 5. The van der Waals surface area contributed by atoms with Crippen molar-refractivity contribution in [3.05, 3.63) is 181 Å². The molecule has 0 bridgehead atoms. The van der Waals surface area contributed by atoms with Crippen molar-refractivity contribution >= 4 is 50.0 Å². The van der Waals surface area contributed by atoms with Crippen molar-refractivity contribution in [3.63, 3.8) is 0 Å². The normalized spacial score (nSPS) is 14.0. The number of fused-ring (bicyclic) bond motifs is 7. The Kier molecular flexibility index (Phi) is 6.92. The van der Waals surface area contributed by atoms with Crippen molar-refractivity contribution in [1.29, 1.82) is 0 Å². The molecule has 3 heterocycles. The Morgan fingerprint density at radius 2 is 1.15 bits per heavy atom. The molecular formula is C49H31N3O2. The van der Waals surface area contributed by atoms with E-state index < -0.39 is 0 Å². The number of para-hydroxylation sites is 3. The number of nitrogens with zero attached hydrogens (tertiary/aromatic N) is 3. The molecule has 11 rings (SSSR count). The Bertz CT molecular complexity index is 3080. The molecule has 7 aromatic carbocycles. The van der Waals surface area contributed by atoms with Crippen molar-refractivity contribution in [2.24, 2.45) is 0 Å². The summed E-state index contributed by atoms with van der Waals surface area (Å²) < 4.78 is 13.1. The van der Waals surface area contributed by atoms with Crippen LogP contribution in [0.2, 0.25) is 0 Å². The van der Waals surface area contributed by atoms with Crippen LogP contribution in [0.25, 0.3) is 95.0 Å². The second kappa shape index (κ2) is 12.2. The molecule has 1 aliphatic rings. The highest BCUT2D eigenvalue weighted by Gasteiger charge is 2.24. The third kappa shape index (κ3) is 5.05. The minimum absolute atomic E-state index is 0.0203. The van der Waals surface area contributed by atoms with Gasteiger partial charge in [-0.2, -0.15) is 0 Å². The van der Waals surface area contributed by atoms with E-state index >= 15 is 0 Å². The lowest BCUT2D eigenvalue weighted by Gasteiger charge is -2.19. The summed E-state index contributed by atoms with van der Waals surface area (Å²) in [6.07, 6.45) is 5.23. The van der Waals surface area contributed by atoms with Gasteiger partial charge in [0.1, 0.15) is 28.2 Å². The fraction of sp³-hybridized carbons (Fsp3) is 0.0408. The Balaban J connectivity index is 1.14. The van der Waals surface area contributed by atoms with Crippen LogP contribution < -0.4 is 0 Å². The van der Waals surface area contributed by atoms with Gasteiger partial charge in [-0.05, 0) is 58.5 Å². The topological polar surface area (TPSA) is 65.0 Å². The van der Waals surface area contributed by atoms with Crippen molar-refractivity contribution in [2.75, 3.05) is 0 Å². The number of furan rings is 2. The van der Waals surface area contributed by atoms with Gasteiger partial charge < -0.3 is 8.83 Å². The first-order valence-corrected chi connectivity index (χ1v) is 18.3. The quantitative estimate of drug-likeness (QED) is 0.179. The molecule has 0 amide bonds. The molecule has 0 aliphatic heterocycles. The Hall–Kier alpha value is -7.11. The van der Waals surface area contributed by atoms with Crippen LogP contribution in [0.15, 0.2) is 173 Å². The van der Waals surface area contributed by atoms with Gasteiger partial charge in [0.25, 0.3) is 0 Å². The van der Waals surface area contributed by atoms with Gasteiger partial charge in [0, 0.05) is 44.2 Å². The van der Waals surface area contributed by atoms with Crippen molar-refractivity contribution in [1.82, 2.24) is 15.0 Å². The number of allylic oxidation sites excluding steroid dienone is 1. The SMILES string of the molecule is C1=CC(c2nc(-c3ccc(-c4ccccc4)cc3)nc(-c3cc(-c4cccc5c4oc4ccccc45)cc4oc5ccccc5c34)n2)Cc2ccccc21. The fourth-order valence-corrected chi connectivity index (χ4v) is 8.00. The summed E-state index contributed by atoms with van der Waals surface area (Å²) in [6.45, 7) is 0. The second-order valence-corrected chi connectivity index (χ2v) is 13.9. The maximum absolute atomic E-state index is 6.59. The molecule has 1 atom stereocenters. The van der Waals surface area contributed by atoms with Gasteiger partial charge >= 0.3 is 0 Å². The van der Waals surface area contributed by atoms with Crippen LogP contribution in [0.3, 0.4) is 0 Å². The molecule has 0 spiro atoms. The largest absolute Gasteiger partial charge is 0.456 e. The lowest BCUT2D eigenvalue weighted by atomic mass is 9.89. The number of aromatic nitrogens is 3. The fourth-order valence-electron chi connectivity index (χ4n) is 8.00. The molecule has 254 valence electrons. The van der Waals surface area contributed by atoms with E-state index in [4.69, 9.17) is 23.8 Å². The summed E-state index contributed by atoms with van der Waals surface area (Å²) in [5.41, 5.74) is 11.8. The number of benzene rings is 7. The molecule has 3 aromatic heterocycles. The highest BCUT2D eigenvalue weighted by molar-refractivity contribution is 6.15. The van der Waals surface area contributed by atoms with Crippen LogP contribution in [-0.4, -0.2) is 15.0 Å². The van der Waals surface area contributed by atoms with Gasteiger partial charge in [-0.3, -0.25) is 0 Å².